The van der Waals surface area contributed by atoms with Gasteiger partial charge in [0.1, 0.15) is 0 Å². The monoisotopic (exact) mass is 394 g/mol. The number of carbonyl (C=O) groups is 1. The van der Waals surface area contributed by atoms with Crippen LogP contribution in [-0.2, 0) is 11.3 Å². The molecule has 2 fully saturated rings. The summed E-state index contributed by atoms with van der Waals surface area (Å²) in [6, 6.07) is 10.4. The van der Waals surface area contributed by atoms with Gasteiger partial charge in [-0.05, 0) is 63.4 Å². The van der Waals surface area contributed by atoms with E-state index in [0.717, 1.165) is 69.1 Å². The van der Waals surface area contributed by atoms with Gasteiger partial charge in [0, 0.05) is 31.9 Å². The van der Waals surface area contributed by atoms with Crippen LogP contribution in [0.25, 0.3) is 0 Å². The first-order chi connectivity index (χ1) is 14.2. The van der Waals surface area contributed by atoms with Crippen LogP contribution in [0, 0.1) is 12.8 Å². The molecular weight excluding hydrogens is 364 g/mol. The molecule has 2 aliphatic heterocycles. The van der Waals surface area contributed by atoms with E-state index in [4.69, 9.17) is 0 Å². The Balaban J connectivity index is 1.26. The number of anilines is 1. The molecule has 0 saturated carbocycles. The second-order valence-corrected chi connectivity index (χ2v) is 8.12. The Bertz CT molecular complexity index is 789. The predicted octanol–water partition coefficient (Wildman–Crippen LogP) is 2.18. The largest absolute Gasteiger partial charge is 0.355 e. The van der Waals surface area contributed by atoms with Crippen molar-refractivity contribution in [3.05, 3.63) is 47.9 Å². The number of pyridine rings is 1. The quantitative estimate of drug-likeness (QED) is 0.838. The average Bonchev–Trinajstić information content (AvgIpc) is 2.79. The number of carbonyl (C=O) groups excluding carboxylic acids is 1. The molecular formula is C22H30N6O. The maximum absolute atomic E-state index is 12.7. The lowest BCUT2D eigenvalue weighted by Gasteiger charge is -2.42. The normalized spacial score (nSPS) is 21.1. The summed E-state index contributed by atoms with van der Waals surface area (Å²) >= 11 is 0. The predicted molar refractivity (Wildman–Crippen MR) is 112 cm³/mol. The minimum atomic E-state index is 0.0773. The minimum absolute atomic E-state index is 0.0773. The first-order valence-electron chi connectivity index (χ1n) is 10.7. The molecule has 2 saturated heterocycles. The van der Waals surface area contributed by atoms with E-state index in [1.165, 1.54) is 0 Å². The Morgan fingerprint density at radius 3 is 2.69 bits per heavy atom. The Morgan fingerprint density at radius 1 is 1.10 bits per heavy atom. The molecule has 154 valence electrons. The summed E-state index contributed by atoms with van der Waals surface area (Å²) in [7, 11) is 0. The number of aromatic nitrogens is 3. The number of piperidine rings is 2. The number of nitrogens with one attached hydrogen (secondary N) is 1. The highest BCUT2D eigenvalue weighted by Gasteiger charge is 2.31. The van der Waals surface area contributed by atoms with E-state index in [9.17, 15) is 4.79 Å². The van der Waals surface area contributed by atoms with Gasteiger partial charge < -0.3 is 10.2 Å². The van der Waals surface area contributed by atoms with E-state index in [0.29, 0.717) is 12.6 Å². The van der Waals surface area contributed by atoms with Crippen molar-refractivity contribution in [1.82, 2.24) is 25.4 Å². The summed E-state index contributed by atoms with van der Waals surface area (Å²) in [4.78, 5) is 21.8. The summed E-state index contributed by atoms with van der Waals surface area (Å²) in [6.07, 6.45) is 6.04. The molecule has 7 heteroatoms. The Morgan fingerprint density at radius 2 is 1.97 bits per heavy atom. The van der Waals surface area contributed by atoms with Crippen LogP contribution in [0.15, 0.2) is 36.5 Å². The van der Waals surface area contributed by atoms with Gasteiger partial charge in [-0.3, -0.25) is 14.7 Å². The van der Waals surface area contributed by atoms with Crippen molar-refractivity contribution in [2.24, 2.45) is 5.92 Å². The molecule has 1 atom stereocenters. The fraction of sp³-hybridized carbons (Fsp3) is 0.545. The van der Waals surface area contributed by atoms with Gasteiger partial charge in [0.05, 0.1) is 23.9 Å². The Hall–Kier alpha value is -2.54. The maximum Gasteiger partial charge on any atom is 0.224 e. The van der Waals surface area contributed by atoms with E-state index >= 15 is 0 Å². The van der Waals surface area contributed by atoms with Gasteiger partial charge in [0.25, 0.3) is 0 Å². The lowest BCUT2D eigenvalue weighted by Crippen LogP contribution is -2.51. The third-order valence-electron chi connectivity index (χ3n) is 6.08. The van der Waals surface area contributed by atoms with E-state index < -0.39 is 0 Å². The second-order valence-electron chi connectivity index (χ2n) is 8.12. The topological polar surface area (TPSA) is 74.2 Å². The van der Waals surface area contributed by atoms with E-state index in [-0.39, 0.29) is 11.8 Å². The zero-order valence-electron chi connectivity index (χ0n) is 17.1. The van der Waals surface area contributed by atoms with Crippen LogP contribution in [0.4, 0.5) is 5.82 Å². The molecule has 4 heterocycles. The van der Waals surface area contributed by atoms with Crippen LogP contribution in [0.3, 0.4) is 0 Å². The summed E-state index contributed by atoms with van der Waals surface area (Å²) in [5, 5.41) is 11.6. The van der Waals surface area contributed by atoms with Gasteiger partial charge >= 0.3 is 0 Å². The fourth-order valence-electron chi connectivity index (χ4n) is 4.40. The number of hydrogen-bond acceptors (Lipinski definition) is 6. The third kappa shape index (κ3) is 5.09. The summed E-state index contributed by atoms with van der Waals surface area (Å²) in [6.45, 7) is 6.42. The zero-order chi connectivity index (χ0) is 20.1. The van der Waals surface area contributed by atoms with E-state index in [1.807, 2.05) is 31.2 Å². The lowest BCUT2D eigenvalue weighted by atomic mass is 9.93. The highest BCUT2D eigenvalue weighted by atomic mass is 16.1. The van der Waals surface area contributed by atoms with Crippen molar-refractivity contribution in [2.45, 2.75) is 45.2 Å². The number of rotatable bonds is 5. The summed E-state index contributed by atoms with van der Waals surface area (Å²) < 4.78 is 0. The molecule has 1 amide bonds. The van der Waals surface area contributed by atoms with Gasteiger partial charge in [-0.25, -0.2) is 0 Å². The molecule has 0 bridgehead atoms. The minimum Gasteiger partial charge on any atom is -0.355 e. The van der Waals surface area contributed by atoms with Crippen molar-refractivity contribution in [1.29, 1.82) is 0 Å². The van der Waals surface area contributed by atoms with Crippen LogP contribution in [0.1, 0.15) is 37.1 Å². The SMILES string of the molecule is Cc1ccc(N2CCC(N3CCC[C@H](C(=O)NCc4ccccn4)C3)CC2)nn1. The molecule has 2 aromatic heterocycles. The van der Waals surface area contributed by atoms with E-state index in [2.05, 4.69) is 36.4 Å². The Kier molecular flexibility index (Phi) is 6.34. The maximum atomic E-state index is 12.7. The molecule has 0 aliphatic carbocycles. The fourth-order valence-corrected chi connectivity index (χ4v) is 4.40. The van der Waals surface area contributed by atoms with Gasteiger partial charge in [-0.2, -0.15) is 5.10 Å². The van der Waals surface area contributed by atoms with Crippen LogP contribution < -0.4 is 10.2 Å². The van der Waals surface area contributed by atoms with Crippen molar-refractivity contribution in [3.63, 3.8) is 0 Å². The van der Waals surface area contributed by atoms with Crippen LogP contribution in [0.5, 0.6) is 0 Å². The molecule has 0 unspecified atom stereocenters. The molecule has 2 aliphatic rings. The van der Waals surface area contributed by atoms with Gasteiger partial charge in [0.2, 0.25) is 5.91 Å². The molecule has 0 aromatic carbocycles. The molecule has 7 nitrogen and oxygen atoms in total. The first-order valence-corrected chi connectivity index (χ1v) is 10.7. The number of likely N-dealkylation sites (tertiary alicyclic amines) is 1. The van der Waals surface area contributed by atoms with Crippen molar-refractivity contribution >= 4 is 11.7 Å². The van der Waals surface area contributed by atoms with Crippen molar-refractivity contribution < 1.29 is 4.79 Å². The third-order valence-corrected chi connectivity index (χ3v) is 6.08. The number of nitrogens with zero attached hydrogens (tertiary/aromatic N) is 5. The summed E-state index contributed by atoms with van der Waals surface area (Å²) in [5.74, 6) is 1.21. The molecule has 4 rings (SSSR count). The summed E-state index contributed by atoms with van der Waals surface area (Å²) in [5.41, 5.74) is 1.85. The second kappa shape index (κ2) is 9.31. The molecule has 2 aromatic rings. The molecule has 29 heavy (non-hydrogen) atoms. The van der Waals surface area contributed by atoms with Gasteiger partial charge in [0.15, 0.2) is 5.82 Å². The standard InChI is InChI=1S/C22H30N6O/c1-17-7-8-21(26-25-17)27-13-9-20(10-14-27)28-12-4-5-18(16-28)22(29)24-15-19-6-2-3-11-23-19/h2-3,6-8,11,18,20H,4-5,9-10,12-16H2,1H3,(H,24,29)/t18-/m0/s1. The van der Waals surface area contributed by atoms with Crippen molar-refractivity contribution in [3.8, 4) is 0 Å². The number of aryl methyl sites for hydroxylation is 1. The average molecular weight is 395 g/mol. The highest BCUT2D eigenvalue weighted by molar-refractivity contribution is 5.78. The van der Waals surface area contributed by atoms with Crippen LogP contribution >= 0.6 is 0 Å². The first kappa shape index (κ1) is 19.8. The lowest BCUT2D eigenvalue weighted by molar-refractivity contribution is -0.127. The number of amides is 1. The Labute approximate surface area is 172 Å². The van der Waals surface area contributed by atoms with Gasteiger partial charge in [-0.15, -0.1) is 5.10 Å². The highest BCUT2D eigenvalue weighted by Crippen LogP contribution is 2.25. The van der Waals surface area contributed by atoms with Crippen LogP contribution in [-0.4, -0.2) is 58.2 Å². The van der Waals surface area contributed by atoms with E-state index in [1.54, 1.807) is 6.20 Å². The van der Waals surface area contributed by atoms with Crippen LogP contribution in [0.2, 0.25) is 0 Å². The molecule has 0 spiro atoms. The number of hydrogen-bond donors (Lipinski definition) is 1. The van der Waals surface area contributed by atoms with Gasteiger partial charge in [-0.1, -0.05) is 6.07 Å². The zero-order valence-corrected chi connectivity index (χ0v) is 17.1. The van der Waals surface area contributed by atoms with Crippen molar-refractivity contribution in [2.75, 3.05) is 31.1 Å². The molecule has 1 N–H and O–H groups in total. The molecule has 0 radical (unpaired) electrons. The smallest absolute Gasteiger partial charge is 0.224 e.